The van der Waals surface area contributed by atoms with Crippen molar-refractivity contribution in [2.75, 3.05) is 26.2 Å². The van der Waals surface area contributed by atoms with Crippen LogP contribution in [0, 0.1) is 5.92 Å². The molecule has 6 heteroatoms. The highest BCUT2D eigenvalue weighted by Crippen LogP contribution is 2.13. The molecule has 0 aromatic rings. The summed E-state index contributed by atoms with van der Waals surface area (Å²) in [5.74, 6) is -1.62. The highest BCUT2D eigenvalue weighted by atomic mass is 19.2. The molecule has 1 N–H and O–H groups in total. The lowest BCUT2D eigenvalue weighted by Crippen LogP contribution is -2.39. The van der Waals surface area contributed by atoms with E-state index in [0.717, 1.165) is 25.9 Å². The van der Waals surface area contributed by atoms with Crippen LogP contribution in [0.5, 0.6) is 0 Å². The highest BCUT2D eigenvalue weighted by molar-refractivity contribution is 5.77. The number of likely N-dealkylation sites (tertiary alicyclic amines) is 1. The molecule has 0 aliphatic carbocycles. The van der Waals surface area contributed by atoms with Crippen LogP contribution in [0.3, 0.4) is 0 Å². The van der Waals surface area contributed by atoms with E-state index >= 15 is 0 Å². The first-order chi connectivity index (χ1) is 10.0. The molecule has 1 saturated heterocycles. The molecule has 1 aliphatic heterocycles. The number of carbonyl (C=O) groups is 2. The third kappa shape index (κ3) is 7.41. The smallest absolute Gasteiger partial charge is 0.303 e. The van der Waals surface area contributed by atoms with Crippen molar-refractivity contribution in [2.24, 2.45) is 5.92 Å². The van der Waals surface area contributed by atoms with Gasteiger partial charge in [0, 0.05) is 13.0 Å². The van der Waals surface area contributed by atoms with Gasteiger partial charge in [-0.15, -0.1) is 0 Å². The molecule has 1 atom stereocenters. The minimum atomic E-state index is -0.835. The van der Waals surface area contributed by atoms with Crippen LogP contribution < -0.4 is 0 Å². The Hall–Kier alpha value is -1.17. The molecule has 0 spiro atoms. The van der Waals surface area contributed by atoms with E-state index in [4.69, 9.17) is 5.11 Å². The maximum absolute atomic E-state index is 13.7. The molecule has 21 heavy (non-hydrogen) atoms. The van der Waals surface area contributed by atoms with Gasteiger partial charge in [-0.05, 0) is 38.8 Å². The van der Waals surface area contributed by atoms with Gasteiger partial charge in [0.05, 0.1) is 12.5 Å². The predicted octanol–water partition coefficient (Wildman–Crippen LogP) is 2.47. The number of unbranched alkanes of at least 4 members (excludes halogenated alkanes) is 2. The van der Waals surface area contributed by atoms with Crippen molar-refractivity contribution < 1.29 is 19.2 Å². The lowest BCUT2D eigenvalue weighted by atomic mass is 10.1. The van der Waals surface area contributed by atoms with E-state index in [1.165, 1.54) is 6.42 Å². The maximum Gasteiger partial charge on any atom is 0.303 e. The predicted molar refractivity (Wildman–Crippen MR) is 78.4 cm³/mol. The highest BCUT2D eigenvalue weighted by Gasteiger charge is 2.23. The van der Waals surface area contributed by atoms with Crippen LogP contribution in [0.25, 0.3) is 0 Å². The van der Waals surface area contributed by atoms with Crippen LogP contribution in [-0.4, -0.2) is 53.2 Å². The molecule has 5 nitrogen and oxygen atoms in total. The molecule has 122 valence electrons. The molecule has 1 fully saturated rings. The Morgan fingerprint density at radius 2 is 1.86 bits per heavy atom. The fourth-order valence-electron chi connectivity index (χ4n) is 2.66. The van der Waals surface area contributed by atoms with Crippen LogP contribution in [0.15, 0.2) is 0 Å². The number of hydrogen-bond acceptors (Lipinski definition) is 3. The number of piperidine rings is 1. The SMILES string of the molecule is CC(CN1CCCCC1)C(=O)N(F)CCCCCC(=O)O. The standard InChI is InChI=1S/C15H27FN2O3/c1-13(12-17-9-5-3-6-10-17)15(21)18(16)11-7-2-4-8-14(19)20/h13H,2-12H2,1H3,(H,19,20). The van der Waals surface area contributed by atoms with E-state index in [0.29, 0.717) is 30.9 Å². The molecule has 1 amide bonds. The van der Waals surface area contributed by atoms with Crippen molar-refractivity contribution in [1.29, 1.82) is 0 Å². The molecular weight excluding hydrogens is 275 g/mol. The van der Waals surface area contributed by atoms with Gasteiger partial charge in [0.2, 0.25) is 0 Å². The van der Waals surface area contributed by atoms with Crippen LogP contribution in [0.1, 0.15) is 51.9 Å². The van der Waals surface area contributed by atoms with E-state index in [9.17, 15) is 14.1 Å². The molecule has 0 saturated carbocycles. The largest absolute Gasteiger partial charge is 0.481 e. The van der Waals surface area contributed by atoms with Gasteiger partial charge in [0.1, 0.15) is 0 Å². The molecule has 0 radical (unpaired) electrons. The summed E-state index contributed by atoms with van der Waals surface area (Å²) in [6, 6.07) is 0. The number of nitrogens with zero attached hydrogens (tertiary/aromatic N) is 2. The summed E-state index contributed by atoms with van der Waals surface area (Å²) < 4.78 is 13.7. The molecular formula is C15H27FN2O3. The minimum Gasteiger partial charge on any atom is -0.481 e. The van der Waals surface area contributed by atoms with Gasteiger partial charge in [-0.25, -0.2) is 0 Å². The molecule has 1 heterocycles. The van der Waals surface area contributed by atoms with Crippen molar-refractivity contribution in [1.82, 2.24) is 10.0 Å². The molecule has 0 aromatic carbocycles. The van der Waals surface area contributed by atoms with Crippen LogP contribution in [0.4, 0.5) is 4.48 Å². The zero-order valence-corrected chi connectivity index (χ0v) is 12.9. The number of hydrogen-bond donors (Lipinski definition) is 1. The minimum absolute atomic E-state index is 0.0583. The normalized spacial score (nSPS) is 17.4. The number of carboxylic acid groups (broad SMARTS) is 1. The van der Waals surface area contributed by atoms with E-state index in [2.05, 4.69) is 4.90 Å². The Labute approximate surface area is 126 Å². The fourth-order valence-corrected chi connectivity index (χ4v) is 2.66. The van der Waals surface area contributed by atoms with E-state index in [1.807, 2.05) is 0 Å². The summed E-state index contributed by atoms with van der Waals surface area (Å²) in [7, 11) is 0. The number of amides is 1. The number of carboxylic acids is 1. The first-order valence-electron chi connectivity index (χ1n) is 7.92. The number of aliphatic carboxylic acids is 1. The monoisotopic (exact) mass is 302 g/mol. The first-order valence-corrected chi connectivity index (χ1v) is 7.92. The van der Waals surface area contributed by atoms with Crippen LogP contribution in [0.2, 0.25) is 0 Å². The summed E-state index contributed by atoms with van der Waals surface area (Å²) in [6.07, 6.45) is 5.32. The quantitative estimate of drug-likeness (QED) is 0.525. The molecule has 1 rings (SSSR count). The lowest BCUT2D eigenvalue weighted by molar-refractivity contribution is -0.151. The molecule has 0 aromatic heterocycles. The molecule has 1 unspecified atom stereocenters. The second-order valence-corrected chi connectivity index (χ2v) is 5.89. The van der Waals surface area contributed by atoms with Gasteiger partial charge >= 0.3 is 5.97 Å². The summed E-state index contributed by atoms with van der Waals surface area (Å²) in [4.78, 5) is 24.5. The topological polar surface area (TPSA) is 60.9 Å². The van der Waals surface area contributed by atoms with Gasteiger partial charge < -0.3 is 10.0 Å². The third-order valence-corrected chi connectivity index (χ3v) is 3.89. The van der Waals surface area contributed by atoms with Gasteiger partial charge in [-0.3, -0.25) is 9.59 Å². The average Bonchev–Trinajstić information content (AvgIpc) is 2.46. The lowest BCUT2D eigenvalue weighted by Gasteiger charge is -2.29. The zero-order valence-electron chi connectivity index (χ0n) is 12.9. The first kappa shape index (κ1) is 17.9. The van der Waals surface area contributed by atoms with Gasteiger partial charge in [0.25, 0.3) is 5.91 Å². The Morgan fingerprint density at radius 1 is 1.19 bits per heavy atom. The summed E-state index contributed by atoms with van der Waals surface area (Å²) in [6.45, 7) is 4.45. The van der Waals surface area contributed by atoms with Gasteiger partial charge in [-0.2, -0.15) is 5.12 Å². The van der Waals surface area contributed by atoms with E-state index in [-0.39, 0.29) is 18.9 Å². The fraction of sp³-hybridized carbons (Fsp3) is 0.867. The van der Waals surface area contributed by atoms with Crippen molar-refractivity contribution >= 4 is 11.9 Å². The van der Waals surface area contributed by atoms with Crippen LogP contribution in [-0.2, 0) is 9.59 Å². The summed E-state index contributed by atoms with van der Waals surface area (Å²) in [5.41, 5.74) is 0. The molecule has 0 bridgehead atoms. The number of carbonyl (C=O) groups excluding carboxylic acids is 1. The number of rotatable bonds is 9. The average molecular weight is 302 g/mol. The Bertz CT molecular complexity index is 333. The van der Waals surface area contributed by atoms with Gasteiger partial charge in [0.15, 0.2) is 0 Å². The third-order valence-electron chi connectivity index (χ3n) is 3.89. The Morgan fingerprint density at radius 3 is 2.48 bits per heavy atom. The van der Waals surface area contributed by atoms with Crippen LogP contribution >= 0.6 is 0 Å². The summed E-state index contributed by atoms with van der Waals surface area (Å²) in [5, 5.41) is 8.80. The Balaban J connectivity index is 2.17. The van der Waals surface area contributed by atoms with E-state index in [1.54, 1.807) is 6.92 Å². The van der Waals surface area contributed by atoms with Crippen molar-refractivity contribution in [3.63, 3.8) is 0 Å². The van der Waals surface area contributed by atoms with Gasteiger partial charge in [-0.1, -0.05) is 24.2 Å². The van der Waals surface area contributed by atoms with E-state index < -0.39 is 11.9 Å². The second-order valence-electron chi connectivity index (χ2n) is 5.89. The Kier molecular flexibility index (Phi) is 8.27. The zero-order chi connectivity index (χ0) is 15.7. The van der Waals surface area contributed by atoms with Crippen molar-refractivity contribution in [2.45, 2.75) is 51.9 Å². The second kappa shape index (κ2) is 9.71. The summed E-state index contributed by atoms with van der Waals surface area (Å²) >= 11 is 0. The molecule has 1 aliphatic rings. The van der Waals surface area contributed by atoms with Crippen molar-refractivity contribution in [3.05, 3.63) is 0 Å². The number of halogens is 1. The van der Waals surface area contributed by atoms with Crippen molar-refractivity contribution in [3.8, 4) is 0 Å². The maximum atomic E-state index is 13.7.